The maximum atomic E-state index is 12.5. The lowest BCUT2D eigenvalue weighted by Crippen LogP contribution is -2.50. The van der Waals surface area contributed by atoms with Gasteiger partial charge in [-0.2, -0.15) is 5.10 Å². The lowest BCUT2D eigenvalue weighted by molar-refractivity contribution is 0.0807. The lowest BCUT2D eigenvalue weighted by Gasteiger charge is -2.30. The molecule has 0 aliphatic rings. The molecule has 1 aromatic rings. The van der Waals surface area contributed by atoms with Gasteiger partial charge in [0, 0.05) is 6.54 Å². The quantitative estimate of drug-likeness (QED) is 0.806. The van der Waals surface area contributed by atoms with E-state index in [-0.39, 0.29) is 18.4 Å². The predicted octanol–water partition coefficient (Wildman–Crippen LogP) is 2.31. The van der Waals surface area contributed by atoms with E-state index in [1.54, 1.807) is 4.68 Å². The van der Waals surface area contributed by atoms with Crippen LogP contribution in [0.4, 0.5) is 0 Å². The summed E-state index contributed by atoms with van der Waals surface area (Å²) in [6, 6.07) is 1.84. The number of carbonyl (C=O) groups excluding carboxylic acids is 1. The molecule has 0 fully saturated rings. The molecule has 2 N–H and O–H groups in total. The summed E-state index contributed by atoms with van der Waals surface area (Å²) in [4.78, 5) is 12.5. The van der Waals surface area contributed by atoms with E-state index in [0.29, 0.717) is 25.1 Å². The third kappa shape index (κ3) is 3.39. The van der Waals surface area contributed by atoms with Crippen LogP contribution >= 0.6 is 0 Å². The monoisotopic (exact) mass is 281 g/mol. The second-order valence-electron chi connectivity index (χ2n) is 5.52. The van der Waals surface area contributed by atoms with Crippen molar-refractivity contribution in [2.45, 2.75) is 65.5 Å². The van der Waals surface area contributed by atoms with Crippen molar-refractivity contribution >= 4 is 5.91 Å². The van der Waals surface area contributed by atoms with Crippen molar-refractivity contribution in [3.8, 4) is 0 Å². The molecule has 0 radical (unpaired) electrons. The van der Waals surface area contributed by atoms with Gasteiger partial charge in [-0.25, -0.2) is 0 Å². The summed E-state index contributed by atoms with van der Waals surface area (Å²) >= 11 is 0. The number of aryl methyl sites for hydroxylation is 1. The van der Waals surface area contributed by atoms with Crippen LogP contribution in [-0.2, 0) is 6.54 Å². The topological polar surface area (TPSA) is 67.2 Å². The summed E-state index contributed by atoms with van der Waals surface area (Å²) in [6.45, 7) is 10.6. The SMILES string of the molecule is CCn1nc(C(C)C)cc1C(=O)NC(CC)(CC)CO. The zero-order valence-electron chi connectivity index (χ0n) is 13.2. The highest BCUT2D eigenvalue weighted by atomic mass is 16.3. The minimum atomic E-state index is -0.544. The van der Waals surface area contributed by atoms with Gasteiger partial charge in [-0.1, -0.05) is 27.7 Å². The van der Waals surface area contributed by atoms with Gasteiger partial charge in [0.05, 0.1) is 17.8 Å². The number of aromatic nitrogens is 2. The van der Waals surface area contributed by atoms with Crippen molar-refractivity contribution in [3.05, 3.63) is 17.5 Å². The van der Waals surface area contributed by atoms with E-state index in [1.165, 1.54) is 0 Å². The Labute approximate surface area is 121 Å². The Morgan fingerprint density at radius 3 is 2.40 bits per heavy atom. The Morgan fingerprint density at radius 1 is 1.40 bits per heavy atom. The van der Waals surface area contributed by atoms with E-state index in [9.17, 15) is 9.90 Å². The van der Waals surface area contributed by atoms with E-state index in [1.807, 2.05) is 26.8 Å². The first-order valence-corrected chi connectivity index (χ1v) is 7.44. The van der Waals surface area contributed by atoms with Gasteiger partial charge in [-0.15, -0.1) is 0 Å². The highest BCUT2D eigenvalue weighted by molar-refractivity contribution is 5.93. The summed E-state index contributed by atoms with van der Waals surface area (Å²) in [7, 11) is 0. The van der Waals surface area contributed by atoms with Gasteiger partial charge in [-0.3, -0.25) is 9.48 Å². The molecule has 0 unspecified atom stereocenters. The fourth-order valence-corrected chi connectivity index (χ4v) is 2.14. The van der Waals surface area contributed by atoms with Gasteiger partial charge in [0.1, 0.15) is 5.69 Å². The molecule has 0 spiro atoms. The zero-order valence-corrected chi connectivity index (χ0v) is 13.2. The van der Waals surface area contributed by atoms with E-state index in [0.717, 1.165) is 5.69 Å². The maximum Gasteiger partial charge on any atom is 0.270 e. The second-order valence-corrected chi connectivity index (χ2v) is 5.52. The minimum absolute atomic E-state index is 0.0525. The molecular weight excluding hydrogens is 254 g/mol. The van der Waals surface area contributed by atoms with Crippen molar-refractivity contribution in [3.63, 3.8) is 0 Å². The Bertz CT molecular complexity index is 440. The highest BCUT2D eigenvalue weighted by Gasteiger charge is 2.29. The number of nitrogens with zero attached hydrogens (tertiary/aromatic N) is 2. The largest absolute Gasteiger partial charge is 0.394 e. The number of amides is 1. The van der Waals surface area contributed by atoms with Gasteiger partial charge in [-0.05, 0) is 31.7 Å². The molecule has 1 rings (SSSR count). The molecule has 5 heteroatoms. The molecule has 0 atom stereocenters. The first-order chi connectivity index (χ1) is 9.42. The predicted molar refractivity (Wildman–Crippen MR) is 79.9 cm³/mol. The third-order valence-corrected chi connectivity index (χ3v) is 3.96. The van der Waals surface area contributed by atoms with Crippen LogP contribution in [0.5, 0.6) is 0 Å². The van der Waals surface area contributed by atoms with Gasteiger partial charge in [0.25, 0.3) is 5.91 Å². The smallest absolute Gasteiger partial charge is 0.270 e. The molecule has 1 amide bonds. The van der Waals surface area contributed by atoms with Crippen molar-refractivity contribution in [2.75, 3.05) is 6.61 Å². The first-order valence-electron chi connectivity index (χ1n) is 7.44. The molecule has 0 aliphatic heterocycles. The number of hydrogen-bond acceptors (Lipinski definition) is 3. The Kier molecular flexibility index (Phi) is 5.74. The summed E-state index contributed by atoms with van der Waals surface area (Å²) in [5.41, 5.74) is 0.938. The Morgan fingerprint density at radius 2 is 2.00 bits per heavy atom. The summed E-state index contributed by atoms with van der Waals surface area (Å²) in [5, 5.41) is 17.0. The molecule has 20 heavy (non-hydrogen) atoms. The second kappa shape index (κ2) is 6.88. The van der Waals surface area contributed by atoms with E-state index < -0.39 is 5.54 Å². The van der Waals surface area contributed by atoms with Crippen LogP contribution < -0.4 is 5.32 Å². The van der Waals surface area contributed by atoms with Gasteiger partial charge >= 0.3 is 0 Å². The van der Waals surface area contributed by atoms with Crippen molar-refractivity contribution in [2.24, 2.45) is 0 Å². The van der Waals surface area contributed by atoms with Crippen LogP contribution in [0, 0.1) is 0 Å². The molecule has 0 aromatic carbocycles. The van der Waals surface area contributed by atoms with Crippen LogP contribution in [0.15, 0.2) is 6.07 Å². The fourth-order valence-electron chi connectivity index (χ4n) is 2.14. The lowest BCUT2D eigenvalue weighted by atomic mass is 9.93. The summed E-state index contributed by atoms with van der Waals surface area (Å²) < 4.78 is 1.72. The average molecular weight is 281 g/mol. The number of nitrogens with one attached hydrogen (secondary N) is 1. The molecule has 0 bridgehead atoms. The molecule has 5 nitrogen and oxygen atoms in total. The average Bonchev–Trinajstić information content (AvgIpc) is 2.89. The van der Waals surface area contributed by atoms with Crippen LogP contribution in [-0.4, -0.2) is 32.9 Å². The number of carbonyl (C=O) groups is 1. The molecular formula is C15H27N3O2. The van der Waals surface area contributed by atoms with E-state index in [2.05, 4.69) is 24.3 Å². The number of rotatable bonds is 7. The fraction of sp³-hybridized carbons (Fsp3) is 0.733. The maximum absolute atomic E-state index is 12.5. The Balaban J connectivity index is 3.02. The summed E-state index contributed by atoms with van der Waals surface area (Å²) in [5.74, 6) is 0.123. The first kappa shape index (κ1) is 16.7. The molecule has 0 saturated heterocycles. The molecule has 0 aliphatic carbocycles. The molecule has 1 aromatic heterocycles. The molecule has 1 heterocycles. The van der Waals surface area contributed by atoms with Crippen LogP contribution in [0.1, 0.15) is 69.6 Å². The van der Waals surface area contributed by atoms with Crippen LogP contribution in [0.3, 0.4) is 0 Å². The van der Waals surface area contributed by atoms with E-state index >= 15 is 0 Å². The number of hydrogen-bond donors (Lipinski definition) is 2. The zero-order chi connectivity index (χ0) is 15.3. The van der Waals surface area contributed by atoms with Crippen molar-refractivity contribution < 1.29 is 9.90 Å². The number of aliphatic hydroxyl groups is 1. The number of aliphatic hydroxyl groups excluding tert-OH is 1. The highest BCUT2D eigenvalue weighted by Crippen LogP contribution is 2.18. The Hall–Kier alpha value is -1.36. The summed E-state index contributed by atoms with van der Waals surface area (Å²) in [6.07, 6.45) is 1.39. The molecule has 114 valence electrons. The minimum Gasteiger partial charge on any atom is -0.394 e. The van der Waals surface area contributed by atoms with Crippen LogP contribution in [0.25, 0.3) is 0 Å². The normalized spacial score (nSPS) is 11.9. The standard InChI is InChI=1S/C15H27N3O2/c1-6-15(7-2,10-19)16-14(20)13-9-12(11(4)5)17-18(13)8-3/h9,11,19H,6-8,10H2,1-5H3,(H,16,20). The van der Waals surface area contributed by atoms with Crippen molar-refractivity contribution in [1.82, 2.24) is 15.1 Å². The van der Waals surface area contributed by atoms with Crippen LogP contribution in [0.2, 0.25) is 0 Å². The van der Waals surface area contributed by atoms with Crippen molar-refractivity contribution in [1.29, 1.82) is 0 Å². The molecule has 0 saturated carbocycles. The van der Waals surface area contributed by atoms with Gasteiger partial charge in [0.2, 0.25) is 0 Å². The van der Waals surface area contributed by atoms with Gasteiger partial charge < -0.3 is 10.4 Å². The van der Waals surface area contributed by atoms with E-state index in [4.69, 9.17) is 0 Å². The third-order valence-electron chi connectivity index (χ3n) is 3.96. The van der Waals surface area contributed by atoms with Gasteiger partial charge in [0.15, 0.2) is 0 Å².